The fraction of sp³-hybridized carbons (Fsp3) is 0.235. The Morgan fingerprint density at radius 3 is 2.73 bits per heavy atom. The summed E-state index contributed by atoms with van der Waals surface area (Å²) >= 11 is 0. The minimum Gasteiger partial charge on any atom is -0.497 e. The Labute approximate surface area is 129 Å². The number of ether oxygens (including phenoxy) is 2. The first-order valence-electron chi connectivity index (χ1n) is 7.10. The molecule has 0 saturated carbocycles. The molecule has 0 aliphatic carbocycles. The zero-order valence-electron chi connectivity index (χ0n) is 12.7. The Bertz CT molecular complexity index is 782. The molecule has 5 nitrogen and oxygen atoms in total. The van der Waals surface area contributed by atoms with Crippen LogP contribution in [0.2, 0.25) is 0 Å². The number of hydrogen-bond acceptors (Lipinski definition) is 4. The second-order valence-electron chi connectivity index (χ2n) is 5.10. The molecule has 0 aliphatic rings. The van der Waals surface area contributed by atoms with Crippen LogP contribution < -0.4 is 15.2 Å². The maximum Gasteiger partial charge on any atom is 0.127 e. The molecule has 2 aromatic carbocycles. The maximum atomic E-state index is 6.38. The van der Waals surface area contributed by atoms with E-state index in [-0.39, 0.29) is 6.04 Å². The average Bonchev–Trinajstić information content (AvgIpc) is 2.97. The summed E-state index contributed by atoms with van der Waals surface area (Å²) in [6, 6.07) is 13.5. The lowest BCUT2D eigenvalue weighted by Gasteiger charge is -2.17. The fourth-order valence-electron chi connectivity index (χ4n) is 2.59. The van der Waals surface area contributed by atoms with Crippen LogP contribution in [-0.4, -0.2) is 23.8 Å². The second kappa shape index (κ2) is 6.07. The van der Waals surface area contributed by atoms with Crippen LogP contribution in [0.25, 0.3) is 11.0 Å². The minimum absolute atomic E-state index is 0.196. The van der Waals surface area contributed by atoms with Gasteiger partial charge in [0.25, 0.3) is 0 Å². The molecule has 3 aromatic rings. The van der Waals surface area contributed by atoms with Crippen LogP contribution in [0, 0.1) is 0 Å². The van der Waals surface area contributed by atoms with Crippen molar-refractivity contribution in [3.05, 3.63) is 54.4 Å². The average molecular weight is 297 g/mol. The highest BCUT2D eigenvalue weighted by molar-refractivity contribution is 5.74. The van der Waals surface area contributed by atoms with Crippen molar-refractivity contribution < 1.29 is 9.47 Å². The fourth-order valence-corrected chi connectivity index (χ4v) is 2.59. The summed E-state index contributed by atoms with van der Waals surface area (Å²) in [6.45, 7) is 0.628. The van der Waals surface area contributed by atoms with Gasteiger partial charge in [0.05, 0.1) is 37.6 Å². The number of fused-ring (bicyclic) bond motifs is 1. The molecule has 114 valence electrons. The SMILES string of the molecule is COc1ccc(C(N)Cn2cnc3ccccc32)c(OC)c1. The highest BCUT2D eigenvalue weighted by Crippen LogP contribution is 2.29. The Hall–Kier alpha value is -2.53. The van der Waals surface area contributed by atoms with Gasteiger partial charge in [-0.3, -0.25) is 0 Å². The largest absolute Gasteiger partial charge is 0.497 e. The lowest BCUT2D eigenvalue weighted by molar-refractivity contribution is 0.386. The third-order valence-corrected chi connectivity index (χ3v) is 3.76. The van der Waals surface area contributed by atoms with Crippen molar-refractivity contribution in [2.75, 3.05) is 14.2 Å². The molecule has 0 spiro atoms. The zero-order chi connectivity index (χ0) is 15.5. The molecule has 5 heteroatoms. The summed E-state index contributed by atoms with van der Waals surface area (Å²) in [5.74, 6) is 1.48. The molecule has 1 atom stereocenters. The Morgan fingerprint density at radius 2 is 1.95 bits per heavy atom. The van der Waals surface area contributed by atoms with Gasteiger partial charge in [0.1, 0.15) is 11.5 Å². The molecule has 3 rings (SSSR count). The molecule has 1 unspecified atom stereocenters. The highest BCUT2D eigenvalue weighted by Gasteiger charge is 2.14. The van der Waals surface area contributed by atoms with Gasteiger partial charge in [-0.05, 0) is 18.2 Å². The lowest BCUT2D eigenvalue weighted by atomic mass is 10.1. The van der Waals surface area contributed by atoms with Crippen molar-refractivity contribution in [3.63, 3.8) is 0 Å². The summed E-state index contributed by atoms with van der Waals surface area (Å²) in [4.78, 5) is 4.39. The molecule has 22 heavy (non-hydrogen) atoms. The van der Waals surface area contributed by atoms with Crippen LogP contribution in [0.1, 0.15) is 11.6 Å². The Balaban J connectivity index is 1.89. The summed E-state index contributed by atoms with van der Waals surface area (Å²) < 4.78 is 12.7. The third-order valence-electron chi connectivity index (χ3n) is 3.76. The van der Waals surface area contributed by atoms with Gasteiger partial charge in [0.15, 0.2) is 0 Å². The predicted octanol–water partition coefficient (Wildman–Crippen LogP) is 2.75. The van der Waals surface area contributed by atoms with Crippen LogP contribution in [0.4, 0.5) is 0 Å². The van der Waals surface area contributed by atoms with Crippen molar-refractivity contribution in [1.82, 2.24) is 9.55 Å². The number of para-hydroxylation sites is 2. The van der Waals surface area contributed by atoms with Gasteiger partial charge in [-0.2, -0.15) is 0 Å². The highest BCUT2D eigenvalue weighted by atomic mass is 16.5. The smallest absolute Gasteiger partial charge is 0.127 e. The molecule has 0 saturated heterocycles. The van der Waals surface area contributed by atoms with E-state index in [2.05, 4.69) is 9.55 Å². The lowest BCUT2D eigenvalue weighted by Crippen LogP contribution is -2.18. The summed E-state index contributed by atoms with van der Waals surface area (Å²) in [5.41, 5.74) is 9.36. The number of benzene rings is 2. The van der Waals surface area contributed by atoms with Gasteiger partial charge in [-0.1, -0.05) is 18.2 Å². The van der Waals surface area contributed by atoms with Crippen molar-refractivity contribution in [2.45, 2.75) is 12.6 Å². The first-order valence-corrected chi connectivity index (χ1v) is 7.10. The molecule has 0 radical (unpaired) electrons. The number of hydrogen-bond donors (Lipinski definition) is 1. The molecule has 1 aromatic heterocycles. The van der Waals surface area contributed by atoms with E-state index < -0.39 is 0 Å². The molecule has 1 heterocycles. The van der Waals surface area contributed by atoms with Gasteiger partial charge in [-0.25, -0.2) is 4.98 Å². The van der Waals surface area contributed by atoms with Crippen LogP contribution in [0.15, 0.2) is 48.8 Å². The van der Waals surface area contributed by atoms with Crippen LogP contribution in [0.3, 0.4) is 0 Å². The summed E-state index contributed by atoms with van der Waals surface area (Å²) in [7, 11) is 3.27. The summed E-state index contributed by atoms with van der Waals surface area (Å²) in [6.07, 6.45) is 1.82. The van der Waals surface area contributed by atoms with Crippen molar-refractivity contribution in [1.29, 1.82) is 0 Å². The predicted molar refractivity (Wildman–Crippen MR) is 86.2 cm³/mol. The summed E-state index contributed by atoms with van der Waals surface area (Å²) in [5, 5.41) is 0. The Morgan fingerprint density at radius 1 is 1.14 bits per heavy atom. The molecule has 0 bridgehead atoms. The van der Waals surface area contributed by atoms with E-state index in [1.807, 2.05) is 48.8 Å². The molecule has 0 fully saturated rings. The number of aromatic nitrogens is 2. The number of nitrogens with two attached hydrogens (primary N) is 1. The molecule has 2 N–H and O–H groups in total. The van der Waals surface area contributed by atoms with E-state index in [4.69, 9.17) is 15.2 Å². The first kappa shape index (κ1) is 14.4. The van der Waals surface area contributed by atoms with Gasteiger partial charge < -0.3 is 19.8 Å². The number of rotatable bonds is 5. The van der Waals surface area contributed by atoms with E-state index in [9.17, 15) is 0 Å². The maximum absolute atomic E-state index is 6.38. The number of methoxy groups -OCH3 is 2. The van der Waals surface area contributed by atoms with E-state index in [1.54, 1.807) is 14.2 Å². The molecular weight excluding hydrogens is 278 g/mol. The van der Waals surface area contributed by atoms with Crippen molar-refractivity contribution in [3.8, 4) is 11.5 Å². The van der Waals surface area contributed by atoms with Crippen molar-refractivity contribution >= 4 is 11.0 Å². The van der Waals surface area contributed by atoms with E-state index in [0.717, 1.165) is 28.1 Å². The van der Waals surface area contributed by atoms with Crippen LogP contribution in [0.5, 0.6) is 11.5 Å². The van der Waals surface area contributed by atoms with Crippen LogP contribution in [-0.2, 0) is 6.54 Å². The topological polar surface area (TPSA) is 62.3 Å². The number of imidazole rings is 1. The second-order valence-corrected chi connectivity index (χ2v) is 5.10. The third kappa shape index (κ3) is 2.63. The van der Waals surface area contributed by atoms with Crippen molar-refractivity contribution in [2.24, 2.45) is 5.73 Å². The van der Waals surface area contributed by atoms with E-state index >= 15 is 0 Å². The standard InChI is InChI=1S/C17H19N3O2/c1-21-12-7-8-13(17(9-12)22-2)14(18)10-20-11-19-15-5-3-4-6-16(15)20/h3-9,11,14H,10,18H2,1-2H3. The Kier molecular flexibility index (Phi) is 3.98. The quantitative estimate of drug-likeness (QED) is 0.786. The van der Waals surface area contributed by atoms with Gasteiger partial charge >= 0.3 is 0 Å². The van der Waals surface area contributed by atoms with Crippen LogP contribution >= 0.6 is 0 Å². The zero-order valence-corrected chi connectivity index (χ0v) is 12.7. The van der Waals surface area contributed by atoms with Gasteiger partial charge in [0, 0.05) is 18.2 Å². The van der Waals surface area contributed by atoms with Gasteiger partial charge in [0.2, 0.25) is 0 Å². The molecule has 0 aliphatic heterocycles. The number of nitrogens with zero attached hydrogens (tertiary/aromatic N) is 2. The van der Waals surface area contributed by atoms with Gasteiger partial charge in [-0.15, -0.1) is 0 Å². The first-order chi connectivity index (χ1) is 10.7. The van der Waals surface area contributed by atoms with E-state index in [1.165, 1.54) is 0 Å². The minimum atomic E-state index is -0.196. The monoisotopic (exact) mass is 297 g/mol. The molecule has 0 amide bonds. The molecular formula is C17H19N3O2. The normalized spacial score (nSPS) is 12.3. The van der Waals surface area contributed by atoms with E-state index in [0.29, 0.717) is 6.54 Å².